The summed E-state index contributed by atoms with van der Waals surface area (Å²) in [5, 5.41) is 1.63. The van der Waals surface area contributed by atoms with Crippen molar-refractivity contribution in [2.75, 3.05) is 14.1 Å². The molecular formula is C20H23ClN2O2S2. The predicted octanol–water partition coefficient (Wildman–Crippen LogP) is 5.15. The molecule has 4 nitrogen and oxygen atoms in total. The van der Waals surface area contributed by atoms with Gasteiger partial charge in [0.15, 0.2) is 0 Å². The van der Waals surface area contributed by atoms with E-state index in [-0.39, 0.29) is 10.3 Å². The van der Waals surface area contributed by atoms with Crippen molar-refractivity contribution in [2.24, 2.45) is 0 Å². The van der Waals surface area contributed by atoms with Crippen LogP contribution >= 0.6 is 23.4 Å². The van der Waals surface area contributed by atoms with Crippen molar-refractivity contribution in [1.29, 1.82) is 0 Å². The van der Waals surface area contributed by atoms with Gasteiger partial charge in [0.1, 0.15) is 0 Å². The van der Waals surface area contributed by atoms with Crippen LogP contribution in [0.25, 0.3) is 10.9 Å². The van der Waals surface area contributed by atoms with Gasteiger partial charge in [-0.1, -0.05) is 29.3 Å². The van der Waals surface area contributed by atoms with Crippen LogP contribution in [0.3, 0.4) is 0 Å². The van der Waals surface area contributed by atoms with E-state index in [4.69, 9.17) is 11.6 Å². The summed E-state index contributed by atoms with van der Waals surface area (Å²) in [4.78, 5) is 3.30. The van der Waals surface area contributed by atoms with Crippen molar-refractivity contribution in [3.63, 3.8) is 0 Å². The minimum Gasteiger partial charge on any atom is -0.298 e. The molecule has 3 rings (SSSR count). The molecule has 0 N–H and O–H groups in total. The molecule has 0 saturated heterocycles. The highest BCUT2D eigenvalue weighted by molar-refractivity contribution is 8.00. The summed E-state index contributed by atoms with van der Waals surface area (Å²) in [6, 6.07) is 12.3. The molecule has 3 aromatic rings. The molecule has 27 heavy (non-hydrogen) atoms. The number of fused-ring (bicyclic) bond motifs is 1. The van der Waals surface area contributed by atoms with E-state index >= 15 is 0 Å². The summed E-state index contributed by atoms with van der Waals surface area (Å²) in [6.07, 6.45) is 0. The molecule has 0 aliphatic rings. The van der Waals surface area contributed by atoms with E-state index in [1.165, 1.54) is 3.97 Å². The molecule has 2 aromatic carbocycles. The van der Waals surface area contributed by atoms with Crippen LogP contribution in [-0.4, -0.2) is 36.8 Å². The molecule has 0 fully saturated rings. The maximum Gasteiger partial charge on any atom is 0.268 e. The maximum atomic E-state index is 13.4. The topological polar surface area (TPSA) is 42.3 Å². The van der Waals surface area contributed by atoms with Gasteiger partial charge in [0.05, 0.1) is 15.8 Å². The third-order valence-corrected chi connectivity index (χ3v) is 8.20. The molecule has 0 bridgehead atoms. The molecule has 0 amide bonds. The number of thioether (sulfide) groups is 1. The normalized spacial score (nSPS) is 13.4. The second kappa shape index (κ2) is 7.51. The van der Waals surface area contributed by atoms with Gasteiger partial charge in [0, 0.05) is 21.0 Å². The zero-order valence-electron chi connectivity index (χ0n) is 16.0. The summed E-state index contributed by atoms with van der Waals surface area (Å²) < 4.78 is 28.3. The second-order valence-corrected chi connectivity index (χ2v) is 10.4. The minimum absolute atomic E-state index is 0.184. The number of aryl methyl sites for hydroxylation is 1. The van der Waals surface area contributed by atoms with Gasteiger partial charge < -0.3 is 0 Å². The number of halogens is 1. The van der Waals surface area contributed by atoms with Crippen molar-refractivity contribution in [1.82, 2.24) is 8.87 Å². The van der Waals surface area contributed by atoms with E-state index < -0.39 is 10.0 Å². The van der Waals surface area contributed by atoms with Gasteiger partial charge in [-0.15, -0.1) is 11.8 Å². The average molecular weight is 423 g/mol. The number of hydrogen-bond acceptors (Lipinski definition) is 4. The lowest BCUT2D eigenvalue weighted by atomic mass is 10.2. The second-order valence-electron chi connectivity index (χ2n) is 6.84. The van der Waals surface area contributed by atoms with E-state index in [9.17, 15) is 8.42 Å². The quantitative estimate of drug-likeness (QED) is 0.421. The lowest BCUT2D eigenvalue weighted by Crippen LogP contribution is -2.21. The van der Waals surface area contributed by atoms with Crippen molar-refractivity contribution in [3.05, 3.63) is 58.7 Å². The monoisotopic (exact) mass is 422 g/mol. The molecule has 7 heteroatoms. The van der Waals surface area contributed by atoms with Crippen molar-refractivity contribution >= 4 is 44.3 Å². The number of hydrogen-bond donors (Lipinski definition) is 0. The molecule has 0 spiro atoms. The third kappa shape index (κ3) is 3.76. The van der Waals surface area contributed by atoms with Crippen molar-refractivity contribution in [3.8, 4) is 0 Å². The standard InChI is InChI=1S/C20H23ClN2O2S2/c1-13-6-9-17(10-7-13)27(24,25)23-14(2)20(26-15(3)22(4)5)18-12-16(21)8-11-19(18)23/h6-12,15H,1-5H3. The summed E-state index contributed by atoms with van der Waals surface area (Å²) >= 11 is 7.85. The van der Waals surface area contributed by atoms with Gasteiger partial charge in [-0.25, -0.2) is 12.4 Å². The smallest absolute Gasteiger partial charge is 0.268 e. The Morgan fingerprint density at radius 1 is 1.07 bits per heavy atom. The Morgan fingerprint density at radius 2 is 1.70 bits per heavy atom. The molecule has 0 saturated carbocycles. The number of nitrogens with zero attached hydrogens (tertiary/aromatic N) is 2. The Hall–Kier alpha value is -1.47. The van der Waals surface area contributed by atoms with Gasteiger partial charge in [0.25, 0.3) is 10.0 Å². The van der Waals surface area contributed by atoms with E-state index in [0.717, 1.165) is 15.8 Å². The Bertz CT molecular complexity index is 1090. The highest BCUT2D eigenvalue weighted by Gasteiger charge is 2.26. The van der Waals surface area contributed by atoms with Crippen LogP contribution in [0, 0.1) is 13.8 Å². The lowest BCUT2D eigenvalue weighted by Gasteiger charge is -2.19. The summed E-state index contributed by atoms with van der Waals surface area (Å²) in [5.41, 5.74) is 2.36. The Labute approximate surface area is 170 Å². The van der Waals surface area contributed by atoms with Crippen molar-refractivity contribution in [2.45, 2.75) is 35.9 Å². The van der Waals surface area contributed by atoms with Crippen LogP contribution < -0.4 is 0 Å². The van der Waals surface area contributed by atoms with Gasteiger partial charge in [-0.2, -0.15) is 0 Å². The zero-order chi connectivity index (χ0) is 19.9. The van der Waals surface area contributed by atoms with Gasteiger partial charge in [-0.3, -0.25) is 4.90 Å². The minimum atomic E-state index is -3.71. The Morgan fingerprint density at radius 3 is 2.30 bits per heavy atom. The fraction of sp³-hybridized carbons (Fsp3) is 0.300. The first kappa shape index (κ1) is 20.3. The molecule has 1 unspecified atom stereocenters. The first-order chi connectivity index (χ1) is 12.6. The Kier molecular flexibility index (Phi) is 5.64. The molecule has 1 aromatic heterocycles. The summed E-state index contributed by atoms with van der Waals surface area (Å²) in [6.45, 7) is 5.88. The fourth-order valence-electron chi connectivity index (χ4n) is 2.89. The van der Waals surface area contributed by atoms with Gasteiger partial charge >= 0.3 is 0 Å². The summed E-state index contributed by atoms with van der Waals surface area (Å²) in [5.74, 6) is 0. The van der Waals surface area contributed by atoms with E-state index in [1.807, 2.05) is 46.1 Å². The predicted molar refractivity (Wildman–Crippen MR) is 114 cm³/mol. The van der Waals surface area contributed by atoms with E-state index in [1.54, 1.807) is 36.0 Å². The Balaban J connectivity index is 2.27. The molecular weight excluding hydrogens is 400 g/mol. The maximum absolute atomic E-state index is 13.4. The van der Waals surface area contributed by atoms with E-state index in [0.29, 0.717) is 16.2 Å². The molecule has 0 aliphatic carbocycles. The molecule has 1 heterocycles. The number of aromatic nitrogens is 1. The molecule has 0 aliphatic heterocycles. The average Bonchev–Trinajstić information content (AvgIpc) is 2.87. The SMILES string of the molecule is Cc1ccc(S(=O)(=O)n2c(C)c(SC(C)N(C)C)c3cc(Cl)ccc32)cc1. The van der Waals surface area contributed by atoms with E-state index in [2.05, 4.69) is 11.8 Å². The van der Waals surface area contributed by atoms with Gasteiger partial charge in [0.2, 0.25) is 0 Å². The molecule has 1 atom stereocenters. The van der Waals surface area contributed by atoms with Crippen LogP contribution in [0.2, 0.25) is 5.02 Å². The lowest BCUT2D eigenvalue weighted by molar-refractivity contribution is 0.402. The van der Waals surface area contributed by atoms with Crippen LogP contribution in [-0.2, 0) is 10.0 Å². The van der Waals surface area contributed by atoms with Crippen LogP contribution in [0.15, 0.2) is 52.3 Å². The van der Waals surface area contributed by atoms with Crippen LogP contribution in [0.4, 0.5) is 0 Å². The number of benzene rings is 2. The first-order valence-electron chi connectivity index (χ1n) is 8.59. The van der Waals surface area contributed by atoms with Crippen molar-refractivity contribution < 1.29 is 8.42 Å². The van der Waals surface area contributed by atoms with Gasteiger partial charge in [-0.05, 0) is 65.2 Å². The zero-order valence-corrected chi connectivity index (χ0v) is 18.4. The molecule has 144 valence electrons. The number of rotatable bonds is 5. The van der Waals surface area contributed by atoms with Crippen LogP contribution in [0.5, 0.6) is 0 Å². The van der Waals surface area contributed by atoms with Crippen LogP contribution in [0.1, 0.15) is 18.2 Å². The summed E-state index contributed by atoms with van der Waals surface area (Å²) in [7, 11) is 0.290. The molecule has 0 radical (unpaired) electrons. The largest absolute Gasteiger partial charge is 0.298 e. The highest BCUT2D eigenvalue weighted by Crippen LogP contribution is 2.39. The highest BCUT2D eigenvalue weighted by atomic mass is 35.5. The fourth-order valence-corrected chi connectivity index (χ4v) is 5.78. The third-order valence-electron chi connectivity index (χ3n) is 4.63. The first-order valence-corrected chi connectivity index (χ1v) is 11.3.